The van der Waals surface area contributed by atoms with E-state index in [2.05, 4.69) is 15.9 Å². The van der Waals surface area contributed by atoms with E-state index in [1.54, 1.807) is 0 Å². The lowest BCUT2D eigenvalue weighted by atomic mass is 10.1. The van der Waals surface area contributed by atoms with Crippen LogP contribution >= 0.6 is 15.9 Å². The van der Waals surface area contributed by atoms with Gasteiger partial charge in [0.1, 0.15) is 18.2 Å². The molecule has 0 aliphatic heterocycles. The number of nitriles is 1. The van der Waals surface area contributed by atoms with Crippen LogP contribution in [0.15, 0.2) is 40.9 Å². The van der Waals surface area contributed by atoms with E-state index in [0.29, 0.717) is 16.9 Å². The Kier molecular flexibility index (Phi) is 4.18. The Labute approximate surface area is 119 Å². The Morgan fingerprint density at radius 2 is 2.05 bits per heavy atom. The molecule has 2 aromatic carbocycles. The third kappa shape index (κ3) is 3.33. The highest BCUT2D eigenvalue weighted by molar-refractivity contribution is 9.10. The van der Waals surface area contributed by atoms with Crippen molar-refractivity contribution in [3.63, 3.8) is 0 Å². The monoisotopic (exact) mass is 319 g/mol. The second-order valence-electron chi connectivity index (χ2n) is 4.14. The first-order valence-electron chi connectivity index (χ1n) is 5.67. The fourth-order valence-electron chi connectivity index (χ4n) is 1.67. The highest BCUT2D eigenvalue weighted by Crippen LogP contribution is 2.27. The van der Waals surface area contributed by atoms with E-state index in [-0.39, 0.29) is 12.4 Å². The highest BCUT2D eigenvalue weighted by Gasteiger charge is 2.06. The Balaban J connectivity index is 2.19. The molecule has 0 aliphatic rings. The second kappa shape index (κ2) is 5.85. The van der Waals surface area contributed by atoms with Gasteiger partial charge in [-0.25, -0.2) is 4.39 Å². The van der Waals surface area contributed by atoms with Crippen molar-refractivity contribution in [3.05, 3.63) is 63.4 Å². The number of hydrogen-bond donors (Lipinski definition) is 0. The molecule has 0 N–H and O–H groups in total. The minimum Gasteiger partial charge on any atom is -0.488 e. The number of benzene rings is 2. The van der Waals surface area contributed by atoms with Crippen molar-refractivity contribution in [1.29, 1.82) is 5.26 Å². The zero-order valence-electron chi connectivity index (χ0n) is 10.3. The van der Waals surface area contributed by atoms with Gasteiger partial charge in [-0.2, -0.15) is 5.26 Å². The molecular formula is C15H11BrFNO. The molecular weight excluding hydrogens is 309 g/mol. The van der Waals surface area contributed by atoms with Crippen LogP contribution in [-0.4, -0.2) is 0 Å². The molecule has 96 valence electrons. The van der Waals surface area contributed by atoms with Crippen LogP contribution in [0.3, 0.4) is 0 Å². The van der Waals surface area contributed by atoms with Gasteiger partial charge in [0.15, 0.2) is 0 Å². The van der Waals surface area contributed by atoms with Gasteiger partial charge < -0.3 is 4.74 Å². The fourth-order valence-corrected chi connectivity index (χ4v) is 2.28. The molecule has 0 spiro atoms. The van der Waals surface area contributed by atoms with Gasteiger partial charge in [-0.05, 0) is 58.7 Å². The Morgan fingerprint density at radius 1 is 1.26 bits per heavy atom. The molecule has 2 rings (SSSR count). The standard InChI is InChI=1S/C15H11BrFNO/c1-10-2-5-15(14(16)6-10)19-9-12-7-13(17)4-3-11(12)8-18/h2-7H,9H2,1H3. The van der Waals surface area contributed by atoms with Gasteiger partial charge in [-0.3, -0.25) is 0 Å². The summed E-state index contributed by atoms with van der Waals surface area (Å²) in [5, 5.41) is 8.96. The molecule has 0 unspecified atom stereocenters. The van der Waals surface area contributed by atoms with Crippen LogP contribution in [0.25, 0.3) is 0 Å². The third-order valence-electron chi connectivity index (χ3n) is 2.66. The molecule has 0 aliphatic carbocycles. The van der Waals surface area contributed by atoms with Crippen LogP contribution in [0.2, 0.25) is 0 Å². The lowest BCUT2D eigenvalue weighted by molar-refractivity contribution is 0.303. The molecule has 2 aromatic rings. The fraction of sp³-hybridized carbons (Fsp3) is 0.133. The first kappa shape index (κ1) is 13.6. The first-order valence-corrected chi connectivity index (χ1v) is 6.47. The van der Waals surface area contributed by atoms with E-state index >= 15 is 0 Å². The predicted molar refractivity (Wildman–Crippen MR) is 74.3 cm³/mol. The average molecular weight is 320 g/mol. The van der Waals surface area contributed by atoms with E-state index in [1.165, 1.54) is 18.2 Å². The zero-order valence-corrected chi connectivity index (χ0v) is 11.9. The maximum absolute atomic E-state index is 13.2. The molecule has 0 amide bonds. The van der Waals surface area contributed by atoms with E-state index in [4.69, 9.17) is 10.00 Å². The number of ether oxygens (including phenoxy) is 1. The van der Waals surface area contributed by atoms with Crippen LogP contribution in [0, 0.1) is 24.1 Å². The average Bonchev–Trinajstić information content (AvgIpc) is 2.38. The van der Waals surface area contributed by atoms with Crippen molar-refractivity contribution < 1.29 is 9.13 Å². The summed E-state index contributed by atoms with van der Waals surface area (Å²) >= 11 is 3.41. The van der Waals surface area contributed by atoms with Crippen molar-refractivity contribution in [2.75, 3.05) is 0 Å². The molecule has 2 nitrogen and oxygen atoms in total. The van der Waals surface area contributed by atoms with Crippen molar-refractivity contribution >= 4 is 15.9 Å². The van der Waals surface area contributed by atoms with Crippen molar-refractivity contribution in [1.82, 2.24) is 0 Å². The smallest absolute Gasteiger partial charge is 0.134 e. The van der Waals surface area contributed by atoms with Gasteiger partial charge in [0.25, 0.3) is 0 Å². The SMILES string of the molecule is Cc1ccc(OCc2cc(F)ccc2C#N)c(Br)c1. The number of aryl methyl sites for hydroxylation is 1. The van der Waals surface area contributed by atoms with E-state index < -0.39 is 0 Å². The first-order chi connectivity index (χ1) is 9.10. The predicted octanol–water partition coefficient (Wildman–Crippen LogP) is 4.35. The Hall–Kier alpha value is -1.86. The summed E-state index contributed by atoms with van der Waals surface area (Å²) in [5.41, 5.74) is 2.07. The molecule has 0 saturated carbocycles. The number of rotatable bonds is 3. The van der Waals surface area contributed by atoms with Crippen LogP contribution in [0.5, 0.6) is 5.75 Å². The van der Waals surface area contributed by atoms with Crippen molar-refractivity contribution in [2.45, 2.75) is 13.5 Å². The maximum atomic E-state index is 13.2. The van der Waals surface area contributed by atoms with Gasteiger partial charge in [-0.1, -0.05) is 6.07 Å². The third-order valence-corrected chi connectivity index (χ3v) is 3.28. The zero-order chi connectivity index (χ0) is 13.8. The summed E-state index contributed by atoms with van der Waals surface area (Å²) in [4.78, 5) is 0. The summed E-state index contributed by atoms with van der Waals surface area (Å²) in [6.45, 7) is 2.14. The molecule has 0 radical (unpaired) electrons. The molecule has 0 saturated heterocycles. The topological polar surface area (TPSA) is 33.0 Å². The Morgan fingerprint density at radius 3 is 2.74 bits per heavy atom. The van der Waals surface area contributed by atoms with Gasteiger partial charge in [-0.15, -0.1) is 0 Å². The summed E-state index contributed by atoms with van der Waals surface area (Å²) in [5.74, 6) is 0.291. The highest BCUT2D eigenvalue weighted by atomic mass is 79.9. The molecule has 4 heteroatoms. The lowest BCUT2D eigenvalue weighted by Crippen LogP contribution is -1.99. The number of halogens is 2. The van der Waals surface area contributed by atoms with Gasteiger partial charge in [0.2, 0.25) is 0 Å². The minimum atomic E-state index is -0.374. The molecule has 0 atom stereocenters. The summed E-state index contributed by atoms with van der Waals surface area (Å²) in [6.07, 6.45) is 0. The molecule has 19 heavy (non-hydrogen) atoms. The quantitative estimate of drug-likeness (QED) is 0.842. The van der Waals surface area contributed by atoms with Crippen LogP contribution in [0.4, 0.5) is 4.39 Å². The lowest BCUT2D eigenvalue weighted by Gasteiger charge is -2.10. The maximum Gasteiger partial charge on any atom is 0.134 e. The minimum absolute atomic E-state index is 0.155. The number of hydrogen-bond acceptors (Lipinski definition) is 2. The molecule has 0 fully saturated rings. The number of nitrogens with zero attached hydrogens (tertiary/aromatic N) is 1. The second-order valence-corrected chi connectivity index (χ2v) is 4.99. The van der Waals surface area contributed by atoms with Crippen LogP contribution in [-0.2, 0) is 6.61 Å². The summed E-state index contributed by atoms with van der Waals surface area (Å²) in [6, 6.07) is 11.8. The molecule has 0 bridgehead atoms. The van der Waals surface area contributed by atoms with Gasteiger partial charge >= 0.3 is 0 Å². The van der Waals surface area contributed by atoms with Crippen molar-refractivity contribution in [3.8, 4) is 11.8 Å². The van der Waals surface area contributed by atoms with E-state index in [9.17, 15) is 4.39 Å². The van der Waals surface area contributed by atoms with Crippen LogP contribution < -0.4 is 4.74 Å². The van der Waals surface area contributed by atoms with E-state index in [1.807, 2.05) is 31.2 Å². The summed E-state index contributed by atoms with van der Waals surface area (Å²) < 4.78 is 19.6. The van der Waals surface area contributed by atoms with Crippen molar-refractivity contribution in [2.24, 2.45) is 0 Å². The van der Waals surface area contributed by atoms with Crippen LogP contribution in [0.1, 0.15) is 16.7 Å². The Bertz CT molecular complexity index is 649. The van der Waals surface area contributed by atoms with E-state index in [0.717, 1.165) is 10.0 Å². The van der Waals surface area contributed by atoms with Gasteiger partial charge in [0.05, 0.1) is 16.1 Å². The summed E-state index contributed by atoms with van der Waals surface area (Å²) in [7, 11) is 0. The molecule has 0 heterocycles. The largest absolute Gasteiger partial charge is 0.488 e. The normalized spacial score (nSPS) is 10.0. The van der Waals surface area contributed by atoms with Gasteiger partial charge in [0, 0.05) is 5.56 Å². The molecule has 0 aromatic heterocycles.